The average Bonchev–Trinajstić information content (AvgIpc) is 3.02. The molecule has 120 valence electrons. The number of hydrogen-bond donors (Lipinski definition) is 1. The molecule has 0 saturated carbocycles. The van der Waals surface area contributed by atoms with Crippen LogP contribution < -0.4 is 5.73 Å². The number of hydroxylamine groups is 2. The third-order valence-electron chi connectivity index (χ3n) is 4.24. The van der Waals surface area contributed by atoms with Crippen molar-refractivity contribution in [2.45, 2.75) is 24.9 Å². The molecule has 2 aliphatic heterocycles. The zero-order valence-electron chi connectivity index (χ0n) is 12.4. The monoisotopic (exact) mass is 317 g/mol. The summed E-state index contributed by atoms with van der Waals surface area (Å²) < 4.78 is 0. The molecule has 8 heteroatoms. The van der Waals surface area contributed by atoms with E-state index in [1.807, 2.05) is 0 Å². The molecule has 3 amide bonds. The number of primary amides is 1. The molecule has 23 heavy (non-hydrogen) atoms. The molecule has 1 aromatic rings. The molecule has 2 heterocycles. The summed E-state index contributed by atoms with van der Waals surface area (Å²) in [7, 11) is 1.58. The third-order valence-corrected chi connectivity index (χ3v) is 4.24. The van der Waals surface area contributed by atoms with Gasteiger partial charge in [-0.25, -0.2) is 4.79 Å². The molecule has 0 spiro atoms. The van der Waals surface area contributed by atoms with Gasteiger partial charge < -0.3 is 10.6 Å². The SMILES string of the molecule is CN1[C@@H](C(=O)ON2C(=O)c3ccccc3C2=O)CC[C@H]1C(N)=O. The molecular weight excluding hydrogens is 302 g/mol. The number of amides is 3. The van der Waals surface area contributed by atoms with E-state index in [0.717, 1.165) is 0 Å². The van der Waals surface area contributed by atoms with E-state index in [4.69, 9.17) is 10.6 Å². The van der Waals surface area contributed by atoms with Crippen molar-refractivity contribution in [3.05, 3.63) is 35.4 Å². The van der Waals surface area contributed by atoms with E-state index in [-0.39, 0.29) is 11.1 Å². The second-order valence-electron chi connectivity index (χ2n) is 5.54. The van der Waals surface area contributed by atoms with Gasteiger partial charge in [0.2, 0.25) is 5.91 Å². The molecule has 2 N–H and O–H groups in total. The van der Waals surface area contributed by atoms with Crippen molar-refractivity contribution in [1.82, 2.24) is 9.96 Å². The van der Waals surface area contributed by atoms with Gasteiger partial charge in [-0.2, -0.15) is 0 Å². The Kier molecular flexibility index (Phi) is 3.61. The first-order valence-corrected chi connectivity index (χ1v) is 7.12. The molecule has 8 nitrogen and oxygen atoms in total. The smallest absolute Gasteiger partial charge is 0.350 e. The van der Waals surface area contributed by atoms with E-state index in [1.165, 1.54) is 17.0 Å². The fourth-order valence-corrected chi connectivity index (χ4v) is 2.97. The maximum atomic E-state index is 12.3. The van der Waals surface area contributed by atoms with Crippen LogP contribution in [-0.2, 0) is 14.4 Å². The summed E-state index contributed by atoms with van der Waals surface area (Å²) in [6.07, 6.45) is 0.791. The fraction of sp³-hybridized carbons (Fsp3) is 0.333. The number of likely N-dealkylation sites (N-methyl/N-ethyl adjacent to an activating group) is 1. The first kappa shape index (κ1) is 15.2. The van der Waals surface area contributed by atoms with E-state index < -0.39 is 35.8 Å². The van der Waals surface area contributed by atoms with Gasteiger partial charge in [0.05, 0.1) is 17.2 Å². The molecule has 2 atom stereocenters. The number of nitrogens with zero attached hydrogens (tertiary/aromatic N) is 2. The lowest BCUT2D eigenvalue weighted by atomic mass is 10.1. The Morgan fingerprint density at radius 2 is 1.61 bits per heavy atom. The number of rotatable bonds is 3. The highest BCUT2D eigenvalue weighted by molar-refractivity contribution is 6.20. The number of carbonyl (C=O) groups excluding carboxylic acids is 4. The maximum absolute atomic E-state index is 12.3. The Morgan fingerprint density at radius 1 is 1.09 bits per heavy atom. The molecule has 1 fully saturated rings. The van der Waals surface area contributed by atoms with Crippen molar-refractivity contribution >= 4 is 23.7 Å². The van der Waals surface area contributed by atoms with Crippen LogP contribution in [0.1, 0.15) is 33.6 Å². The van der Waals surface area contributed by atoms with Crippen LogP contribution in [0.2, 0.25) is 0 Å². The van der Waals surface area contributed by atoms with Crippen molar-refractivity contribution in [3.63, 3.8) is 0 Å². The summed E-state index contributed by atoms with van der Waals surface area (Å²) in [4.78, 5) is 54.4. The van der Waals surface area contributed by atoms with Crippen LogP contribution >= 0.6 is 0 Å². The van der Waals surface area contributed by atoms with Gasteiger partial charge in [-0.3, -0.25) is 19.3 Å². The van der Waals surface area contributed by atoms with E-state index in [1.54, 1.807) is 19.2 Å². The van der Waals surface area contributed by atoms with Crippen LogP contribution in [0.3, 0.4) is 0 Å². The number of carbonyl (C=O) groups is 4. The lowest BCUT2D eigenvalue weighted by Gasteiger charge is -2.23. The Hall–Kier alpha value is -2.74. The van der Waals surface area contributed by atoms with Crippen LogP contribution in [0.4, 0.5) is 0 Å². The Labute approximate surface area is 131 Å². The number of fused-ring (bicyclic) bond motifs is 1. The van der Waals surface area contributed by atoms with Gasteiger partial charge >= 0.3 is 5.97 Å². The lowest BCUT2D eigenvalue weighted by molar-refractivity contribution is -0.174. The summed E-state index contributed by atoms with van der Waals surface area (Å²) in [5, 5.41) is 0.471. The number of nitrogens with two attached hydrogens (primary N) is 1. The second kappa shape index (κ2) is 5.47. The second-order valence-corrected chi connectivity index (χ2v) is 5.54. The highest BCUT2D eigenvalue weighted by Gasteiger charge is 2.43. The standard InChI is InChI=1S/C15H15N3O5/c1-17-10(12(16)19)6-7-11(17)15(22)23-18-13(20)8-4-2-3-5-9(8)14(18)21/h2-5,10-11H,6-7H2,1H3,(H2,16,19)/t10-,11+/m0/s1. The van der Waals surface area contributed by atoms with Crippen molar-refractivity contribution in [2.24, 2.45) is 5.73 Å². The Bertz CT molecular complexity index is 682. The van der Waals surface area contributed by atoms with Crippen molar-refractivity contribution in [1.29, 1.82) is 0 Å². The van der Waals surface area contributed by atoms with E-state index >= 15 is 0 Å². The average molecular weight is 317 g/mol. The summed E-state index contributed by atoms with van der Waals surface area (Å²) in [6.45, 7) is 0. The van der Waals surface area contributed by atoms with Crippen LogP contribution in [0.15, 0.2) is 24.3 Å². The molecule has 0 bridgehead atoms. The zero-order valence-corrected chi connectivity index (χ0v) is 12.4. The van der Waals surface area contributed by atoms with Gasteiger partial charge in [0.25, 0.3) is 11.8 Å². The maximum Gasteiger partial charge on any atom is 0.350 e. The molecule has 0 aromatic heterocycles. The lowest BCUT2D eigenvalue weighted by Crippen LogP contribution is -2.46. The summed E-state index contributed by atoms with van der Waals surface area (Å²) in [5.41, 5.74) is 5.65. The van der Waals surface area contributed by atoms with Crippen LogP contribution in [0.5, 0.6) is 0 Å². The van der Waals surface area contributed by atoms with Gasteiger partial charge in [0.1, 0.15) is 6.04 Å². The Morgan fingerprint density at radius 3 is 2.09 bits per heavy atom. The van der Waals surface area contributed by atoms with E-state index in [9.17, 15) is 19.2 Å². The Balaban J connectivity index is 1.74. The van der Waals surface area contributed by atoms with Crippen LogP contribution in [0.25, 0.3) is 0 Å². The topological polar surface area (TPSA) is 110 Å². The highest BCUT2D eigenvalue weighted by atomic mass is 16.7. The zero-order chi connectivity index (χ0) is 16.7. The minimum atomic E-state index is -0.759. The molecule has 3 rings (SSSR count). The van der Waals surface area contributed by atoms with Gasteiger partial charge in [-0.15, -0.1) is 0 Å². The number of imide groups is 1. The fourth-order valence-electron chi connectivity index (χ4n) is 2.97. The van der Waals surface area contributed by atoms with Gasteiger partial charge in [0, 0.05) is 0 Å². The molecule has 2 aliphatic rings. The highest BCUT2D eigenvalue weighted by Crippen LogP contribution is 2.26. The van der Waals surface area contributed by atoms with Gasteiger partial charge in [0.15, 0.2) is 0 Å². The first-order valence-electron chi connectivity index (χ1n) is 7.12. The molecule has 1 aromatic carbocycles. The summed E-state index contributed by atoms with van der Waals surface area (Å²) in [6, 6.07) is 4.95. The largest absolute Gasteiger partial charge is 0.368 e. The van der Waals surface area contributed by atoms with Gasteiger partial charge in [-0.1, -0.05) is 17.2 Å². The van der Waals surface area contributed by atoms with Crippen molar-refractivity contribution in [2.75, 3.05) is 7.05 Å². The third kappa shape index (κ3) is 2.36. The normalized spacial score (nSPS) is 24.0. The quantitative estimate of drug-likeness (QED) is 0.766. The summed E-state index contributed by atoms with van der Waals surface area (Å²) >= 11 is 0. The van der Waals surface area contributed by atoms with E-state index in [2.05, 4.69) is 0 Å². The number of benzene rings is 1. The molecule has 0 unspecified atom stereocenters. The van der Waals surface area contributed by atoms with Crippen molar-refractivity contribution in [3.8, 4) is 0 Å². The predicted molar refractivity (Wildman–Crippen MR) is 76.8 cm³/mol. The predicted octanol–water partition coefficient (Wildman–Crippen LogP) is -0.311. The number of hydrogen-bond acceptors (Lipinski definition) is 6. The van der Waals surface area contributed by atoms with Crippen molar-refractivity contribution < 1.29 is 24.0 Å². The number of likely N-dealkylation sites (tertiary alicyclic amines) is 1. The molecule has 1 saturated heterocycles. The minimum absolute atomic E-state index is 0.195. The first-order chi connectivity index (χ1) is 10.9. The molecule has 0 radical (unpaired) electrons. The summed E-state index contributed by atoms with van der Waals surface area (Å²) in [5.74, 6) is -2.63. The van der Waals surface area contributed by atoms with Crippen LogP contribution in [0, 0.1) is 0 Å². The molecule has 0 aliphatic carbocycles. The molecular formula is C15H15N3O5. The van der Waals surface area contributed by atoms with Crippen LogP contribution in [-0.4, -0.2) is 52.8 Å². The minimum Gasteiger partial charge on any atom is -0.368 e. The van der Waals surface area contributed by atoms with Gasteiger partial charge in [-0.05, 0) is 32.0 Å². The van der Waals surface area contributed by atoms with E-state index in [0.29, 0.717) is 17.9 Å².